The largest absolute Gasteiger partial charge is 0.497 e. The molecule has 2 atom stereocenters. The van der Waals surface area contributed by atoms with Crippen molar-refractivity contribution in [3.63, 3.8) is 0 Å². The first-order chi connectivity index (χ1) is 18.4. The van der Waals surface area contributed by atoms with Gasteiger partial charge in [0.1, 0.15) is 30.4 Å². The van der Waals surface area contributed by atoms with Gasteiger partial charge < -0.3 is 29.2 Å². The Labute approximate surface area is 220 Å². The lowest BCUT2D eigenvalue weighted by atomic mass is 9.96. The Bertz CT molecular complexity index is 1330. The lowest BCUT2D eigenvalue weighted by molar-refractivity contribution is 0.0592. The molecule has 3 aromatic rings. The van der Waals surface area contributed by atoms with Crippen LogP contribution in [0.1, 0.15) is 46.2 Å². The maximum Gasteiger partial charge on any atom is 0.257 e. The Hall–Kier alpha value is -4.28. The van der Waals surface area contributed by atoms with Gasteiger partial charge in [-0.05, 0) is 50.1 Å². The number of hydrogen-bond acceptors (Lipinski definition) is 8. The number of carbonyl (C=O) groups is 2. The minimum atomic E-state index is -0.208. The molecule has 11 heteroatoms. The van der Waals surface area contributed by atoms with Crippen molar-refractivity contribution in [2.45, 2.75) is 45.0 Å². The van der Waals surface area contributed by atoms with Crippen molar-refractivity contribution in [3.8, 4) is 23.0 Å². The molecular formula is C27H31N5O6. The third-order valence-electron chi connectivity index (χ3n) is 6.86. The first-order valence-electron chi connectivity index (χ1n) is 12.6. The molecule has 0 unspecified atom stereocenters. The molecule has 2 amide bonds. The zero-order valence-electron chi connectivity index (χ0n) is 21.7. The van der Waals surface area contributed by atoms with E-state index < -0.39 is 0 Å². The molecule has 38 heavy (non-hydrogen) atoms. The van der Waals surface area contributed by atoms with E-state index in [9.17, 15) is 9.59 Å². The highest BCUT2D eigenvalue weighted by Crippen LogP contribution is 2.31. The molecule has 0 spiro atoms. The molecule has 1 aromatic heterocycles. The highest BCUT2D eigenvalue weighted by Gasteiger charge is 2.32. The predicted octanol–water partition coefficient (Wildman–Crippen LogP) is 2.69. The van der Waals surface area contributed by atoms with Gasteiger partial charge in [-0.3, -0.25) is 9.59 Å². The molecule has 200 valence electrons. The van der Waals surface area contributed by atoms with Gasteiger partial charge in [0.25, 0.3) is 11.8 Å². The number of aromatic nitrogens is 3. The Morgan fingerprint density at radius 2 is 1.89 bits per heavy atom. The van der Waals surface area contributed by atoms with Crippen LogP contribution in [-0.2, 0) is 13.2 Å². The summed E-state index contributed by atoms with van der Waals surface area (Å²) in [6.07, 6.45) is 3.03. The number of fused-ring (bicyclic) bond motifs is 6. The summed E-state index contributed by atoms with van der Waals surface area (Å²) in [5.74, 6) is 1.67. The molecule has 2 aromatic carbocycles. The summed E-state index contributed by atoms with van der Waals surface area (Å²) >= 11 is 0. The van der Waals surface area contributed by atoms with E-state index in [4.69, 9.17) is 18.9 Å². The van der Waals surface area contributed by atoms with Gasteiger partial charge in [-0.25, -0.2) is 4.68 Å². The molecule has 0 saturated carbocycles. The second-order valence-electron chi connectivity index (χ2n) is 9.38. The number of piperidine rings is 1. The van der Waals surface area contributed by atoms with Gasteiger partial charge in [-0.15, -0.1) is 5.10 Å². The summed E-state index contributed by atoms with van der Waals surface area (Å²) in [5.41, 5.74) is 1.53. The molecule has 1 fully saturated rings. The topological polar surface area (TPSA) is 117 Å². The van der Waals surface area contributed by atoms with E-state index in [0.717, 1.165) is 0 Å². The van der Waals surface area contributed by atoms with E-state index in [0.29, 0.717) is 65.8 Å². The number of ether oxygens (including phenoxy) is 4. The highest BCUT2D eigenvalue weighted by molar-refractivity contribution is 5.97. The van der Waals surface area contributed by atoms with E-state index in [2.05, 4.69) is 15.6 Å². The fraction of sp³-hybridized carbons (Fsp3) is 0.407. The maximum atomic E-state index is 13.6. The van der Waals surface area contributed by atoms with Crippen LogP contribution in [0.15, 0.2) is 42.6 Å². The molecule has 6 bridgehead atoms. The van der Waals surface area contributed by atoms with E-state index in [1.54, 1.807) is 61.5 Å². The van der Waals surface area contributed by atoms with Crippen molar-refractivity contribution in [2.24, 2.45) is 0 Å². The van der Waals surface area contributed by atoms with Crippen LogP contribution in [0.3, 0.4) is 0 Å². The molecule has 6 rings (SSSR count). The first-order valence-corrected chi connectivity index (χ1v) is 12.6. The van der Waals surface area contributed by atoms with Crippen LogP contribution < -0.4 is 24.3 Å². The lowest BCUT2D eigenvalue weighted by Gasteiger charge is -2.38. The summed E-state index contributed by atoms with van der Waals surface area (Å²) in [6.45, 7) is 3.34. The maximum absolute atomic E-state index is 13.6. The monoisotopic (exact) mass is 521 g/mol. The van der Waals surface area contributed by atoms with Crippen LogP contribution >= 0.6 is 0 Å². The van der Waals surface area contributed by atoms with Crippen molar-refractivity contribution in [2.75, 3.05) is 27.4 Å². The summed E-state index contributed by atoms with van der Waals surface area (Å²) in [7, 11) is 3.12. The fourth-order valence-electron chi connectivity index (χ4n) is 4.80. The molecule has 0 aliphatic carbocycles. The Kier molecular flexibility index (Phi) is 7.34. The van der Waals surface area contributed by atoms with Crippen molar-refractivity contribution in [1.29, 1.82) is 0 Å². The van der Waals surface area contributed by atoms with E-state index in [1.165, 1.54) is 0 Å². The minimum Gasteiger partial charge on any atom is -0.497 e. The SMILES string of the molecule is COc1ccc2c(c1)OCCn1cc(nn1)COc1cc(ccc1OC)C(=O)N[C@H]1CCN(C2=O)[C@H](C)C1. The second kappa shape index (κ2) is 11.0. The third kappa shape index (κ3) is 5.36. The van der Waals surface area contributed by atoms with E-state index in [-0.39, 0.29) is 37.1 Å². The summed E-state index contributed by atoms with van der Waals surface area (Å²) in [6, 6.07) is 10.1. The number of nitrogens with one attached hydrogen (secondary N) is 1. The summed E-state index contributed by atoms with van der Waals surface area (Å²) in [4.78, 5) is 28.5. The standard InChI is InChI=1S/C27H31N5O6/c1-17-12-19-8-9-32(17)27(34)22-6-5-21(35-2)14-24(22)37-11-10-31-15-20(29-30-31)16-38-25-13-18(26(33)28-19)4-7-23(25)36-3/h4-7,13-15,17,19H,8-12,16H2,1-3H3,(H,28,33)/t17-,19+/m1/s1. The molecule has 1 saturated heterocycles. The Morgan fingerprint density at radius 1 is 1.03 bits per heavy atom. The molecule has 3 aliphatic heterocycles. The van der Waals surface area contributed by atoms with Crippen molar-refractivity contribution >= 4 is 11.8 Å². The number of hydrogen-bond donors (Lipinski definition) is 1. The Morgan fingerprint density at radius 3 is 2.68 bits per heavy atom. The summed E-state index contributed by atoms with van der Waals surface area (Å²) in [5, 5.41) is 11.4. The number of benzene rings is 2. The average molecular weight is 522 g/mol. The van der Waals surface area contributed by atoms with Gasteiger partial charge in [-0.2, -0.15) is 0 Å². The average Bonchev–Trinajstić information content (AvgIpc) is 3.38. The van der Waals surface area contributed by atoms with Crippen LogP contribution in [0, 0.1) is 0 Å². The highest BCUT2D eigenvalue weighted by atomic mass is 16.5. The quantitative estimate of drug-likeness (QED) is 0.547. The van der Waals surface area contributed by atoms with Crippen molar-refractivity contribution in [1.82, 2.24) is 25.2 Å². The Balaban J connectivity index is 1.45. The predicted molar refractivity (Wildman–Crippen MR) is 137 cm³/mol. The van der Waals surface area contributed by atoms with Gasteiger partial charge in [0, 0.05) is 30.3 Å². The molecule has 3 aliphatic rings. The number of amides is 2. The number of methoxy groups -OCH3 is 2. The van der Waals surface area contributed by atoms with Gasteiger partial charge in [-0.1, -0.05) is 5.21 Å². The minimum absolute atomic E-state index is 0.0692. The van der Waals surface area contributed by atoms with Crippen molar-refractivity contribution < 1.29 is 28.5 Å². The van der Waals surface area contributed by atoms with E-state index in [1.807, 2.05) is 11.8 Å². The second-order valence-corrected chi connectivity index (χ2v) is 9.38. The first kappa shape index (κ1) is 25.4. The molecule has 11 nitrogen and oxygen atoms in total. The lowest BCUT2D eigenvalue weighted by Crippen LogP contribution is -2.51. The number of rotatable bonds is 2. The van der Waals surface area contributed by atoms with Gasteiger partial charge >= 0.3 is 0 Å². The molecular weight excluding hydrogens is 490 g/mol. The van der Waals surface area contributed by atoms with Gasteiger partial charge in [0.05, 0.1) is 32.5 Å². The summed E-state index contributed by atoms with van der Waals surface area (Å²) < 4.78 is 24.4. The van der Waals surface area contributed by atoms with Crippen LogP contribution in [0.2, 0.25) is 0 Å². The van der Waals surface area contributed by atoms with Crippen LogP contribution in [-0.4, -0.2) is 71.2 Å². The molecule has 0 radical (unpaired) electrons. The zero-order chi connectivity index (χ0) is 26.6. The van der Waals surface area contributed by atoms with E-state index >= 15 is 0 Å². The molecule has 4 heterocycles. The smallest absolute Gasteiger partial charge is 0.257 e. The van der Waals surface area contributed by atoms with Gasteiger partial charge in [0.15, 0.2) is 11.5 Å². The zero-order valence-corrected chi connectivity index (χ0v) is 21.7. The van der Waals surface area contributed by atoms with Crippen LogP contribution in [0.5, 0.6) is 23.0 Å². The third-order valence-corrected chi connectivity index (χ3v) is 6.86. The van der Waals surface area contributed by atoms with Crippen LogP contribution in [0.4, 0.5) is 0 Å². The number of nitrogens with zero attached hydrogens (tertiary/aromatic N) is 4. The van der Waals surface area contributed by atoms with Crippen LogP contribution in [0.25, 0.3) is 0 Å². The normalized spacial score (nSPS) is 20.0. The van der Waals surface area contributed by atoms with Crippen molar-refractivity contribution in [3.05, 3.63) is 59.4 Å². The fourth-order valence-corrected chi connectivity index (χ4v) is 4.80. The molecule has 1 N–H and O–H groups in total. The van der Waals surface area contributed by atoms with Gasteiger partial charge in [0.2, 0.25) is 0 Å². The number of carbonyl (C=O) groups excluding carboxylic acids is 2.